The normalized spacial score (nSPS) is 13.6. The van der Waals surface area contributed by atoms with Gasteiger partial charge in [0.15, 0.2) is 6.10 Å². The SMILES string of the molecule is O=C(O)CC(ON[C@@H](CC(=O)O)C(=O)O)C(=O)O. The van der Waals surface area contributed by atoms with Crippen LogP contribution in [0.3, 0.4) is 0 Å². The van der Waals surface area contributed by atoms with Crippen LogP contribution in [-0.2, 0) is 24.0 Å². The molecule has 0 amide bonds. The Morgan fingerprint density at radius 2 is 1.39 bits per heavy atom. The van der Waals surface area contributed by atoms with Gasteiger partial charge in [-0.2, -0.15) is 5.48 Å². The molecule has 0 aliphatic rings. The zero-order valence-corrected chi connectivity index (χ0v) is 8.90. The highest BCUT2D eigenvalue weighted by molar-refractivity contribution is 5.81. The minimum Gasteiger partial charge on any atom is -0.481 e. The first-order chi connectivity index (χ1) is 8.23. The first-order valence-electron chi connectivity index (χ1n) is 4.54. The summed E-state index contributed by atoms with van der Waals surface area (Å²) in [5, 5.41) is 33.9. The second-order valence-corrected chi connectivity index (χ2v) is 3.15. The number of nitrogens with one attached hydrogen (secondary N) is 1. The summed E-state index contributed by atoms with van der Waals surface area (Å²) in [6.45, 7) is 0. The van der Waals surface area contributed by atoms with Crippen LogP contribution in [0.4, 0.5) is 0 Å². The summed E-state index contributed by atoms with van der Waals surface area (Å²) >= 11 is 0. The lowest BCUT2D eigenvalue weighted by molar-refractivity contribution is -0.168. The van der Waals surface area contributed by atoms with Gasteiger partial charge in [-0.05, 0) is 0 Å². The van der Waals surface area contributed by atoms with Crippen LogP contribution in [0.5, 0.6) is 0 Å². The average molecular weight is 265 g/mol. The molecule has 0 radical (unpaired) electrons. The summed E-state index contributed by atoms with van der Waals surface area (Å²) in [6, 6.07) is -1.68. The van der Waals surface area contributed by atoms with Crippen molar-refractivity contribution in [1.29, 1.82) is 0 Å². The predicted molar refractivity (Wildman–Crippen MR) is 51.6 cm³/mol. The van der Waals surface area contributed by atoms with Crippen LogP contribution in [0, 0.1) is 0 Å². The topological polar surface area (TPSA) is 170 Å². The molecule has 0 heterocycles. The third-order valence-corrected chi connectivity index (χ3v) is 1.66. The van der Waals surface area contributed by atoms with Crippen molar-refractivity contribution in [2.24, 2.45) is 0 Å². The second-order valence-electron chi connectivity index (χ2n) is 3.15. The zero-order chi connectivity index (χ0) is 14.3. The average Bonchev–Trinajstić information content (AvgIpc) is 2.20. The predicted octanol–water partition coefficient (Wildman–Crippen LogP) is -1.64. The number of carbonyl (C=O) groups is 4. The van der Waals surface area contributed by atoms with Gasteiger partial charge in [-0.25, -0.2) is 4.79 Å². The van der Waals surface area contributed by atoms with Gasteiger partial charge in [0.25, 0.3) is 0 Å². The van der Waals surface area contributed by atoms with Gasteiger partial charge in [0.1, 0.15) is 6.04 Å². The van der Waals surface area contributed by atoms with Crippen LogP contribution in [0.25, 0.3) is 0 Å². The molecule has 18 heavy (non-hydrogen) atoms. The molecular weight excluding hydrogens is 254 g/mol. The lowest BCUT2D eigenvalue weighted by atomic mass is 10.2. The van der Waals surface area contributed by atoms with E-state index < -0.39 is 48.9 Å². The Kier molecular flexibility index (Phi) is 6.31. The van der Waals surface area contributed by atoms with Gasteiger partial charge >= 0.3 is 23.9 Å². The summed E-state index contributed by atoms with van der Waals surface area (Å²) in [6.07, 6.45) is -3.57. The molecule has 2 atom stereocenters. The Bertz CT molecular complexity index is 318. The highest BCUT2D eigenvalue weighted by Crippen LogP contribution is 2.00. The molecule has 0 saturated carbocycles. The van der Waals surface area contributed by atoms with E-state index in [1.165, 1.54) is 0 Å². The monoisotopic (exact) mass is 265 g/mol. The van der Waals surface area contributed by atoms with Crippen LogP contribution in [0.1, 0.15) is 12.8 Å². The summed E-state index contributed by atoms with van der Waals surface area (Å²) in [5.41, 5.74) is 1.71. The smallest absolute Gasteiger partial charge is 0.335 e. The fourth-order valence-electron chi connectivity index (χ4n) is 0.856. The van der Waals surface area contributed by atoms with Crippen molar-refractivity contribution in [3.05, 3.63) is 0 Å². The van der Waals surface area contributed by atoms with Crippen LogP contribution in [-0.4, -0.2) is 56.4 Å². The van der Waals surface area contributed by atoms with Crippen LogP contribution in [0.2, 0.25) is 0 Å². The Balaban J connectivity index is 4.45. The van der Waals surface area contributed by atoms with Gasteiger partial charge in [-0.15, -0.1) is 0 Å². The largest absolute Gasteiger partial charge is 0.481 e. The highest BCUT2D eigenvalue weighted by atomic mass is 16.7. The van der Waals surface area contributed by atoms with E-state index in [1.54, 1.807) is 5.48 Å². The maximum absolute atomic E-state index is 10.6. The molecule has 1 unspecified atom stereocenters. The maximum Gasteiger partial charge on any atom is 0.335 e. The Labute approximate surface area is 99.7 Å². The first-order valence-corrected chi connectivity index (χ1v) is 4.54. The van der Waals surface area contributed by atoms with E-state index in [1.807, 2.05) is 0 Å². The number of rotatable bonds is 9. The van der Waals surface area contributed by atoms with Gasteiger partial charge in [0, 0.05) is 0 Å². The number of hydrogen-bond donors (Lipinski definition) is 5. The molecule has 0 aromatic heterocycles. The molecule has 0 rings (SSSR count). The Morgan fingerprint density at radius 1 is 0.889 bits per heavy atom. The number of aliphatic carboxylic acids is 4. The van der Waals surface area contributed by atoms with Crippen molar-refractivity contribution in [3.63, 3.8) is 0 Å². The van der Waals surface area contributed by atoms with Crippen molar-refractivity contribution in [3.8, 4) is 0 Å². The van der Waals surface area contributed by atoms with E-state index in [9.17, 15) is 19.2 Å². The lowest BCUT2D eigenvalue weighted by Crippen LogP contribution is -2.43. The van der Waals surface area contributed by atoms with E-state index in [0.29, 0.717) is 0 Å². The molecule has 0 bridgehead atoms. The van der Waals surface area contributed by atoms with Gasteiger partial charge < -0.3 is 20.4 Å². The van der Waals surface area contributed by atoms with Gasteiger partial charge in [-0.3, -0.25) is 19.2 Å². The zero-order valence-electron chi connectivity index (χ0n) is 8.90. The fraction of sp³-hybridized carbons (Fsp3) is 0.500. The molecule has 10 nitrogen and oxygen atoms in total. The minimum atomic E-state index is -1.82. The van der Waals surface area contributed by atoms with Crippen molar-refractivity contribution < 1.29 is 44.4 Å². The van der Waals surface area contributed by atoms with E-state index in [-0.39, 0.29) is 0 Å². The van der Waals surface area contributed by atoms with E-state index in [2.05, 4.69) is 4.84 Å². The number of hydroxylamine groups is 1. The molecule has 0 saturated heterocycles. The third-order valence-electron chi connectivity index (χ3n) is 1.66. The molecule has 0 aliphatic carbocycles. The van der Waals surface area contributed by atoms with Crippen LogP contribution in [0.15, 0.2) is 0 Å². The second kappa shape index (κ2) is 7.19. The van der Waals surface area contributed by atoms with Crippen LogP contribution < -0.4 is 5.48 Å². The van der Waals surface area contributed by atoms with Crippen molar-refractivity contribution in [2.75, 3.05) is 0 Å². The maximum atomic E-state index is 10.6. The summed E-state index contributed by atoms with van der Waals surface area (Å²) < 4.78 is 0. The Morgan fingerprint density at radius 3 is 1.72 bits per heavy atom. The van der Waals surface area contributed by atoms with E-state index in [0.717, 1.165) is 0 Å². The molecule has 0 spiro atoms. The standard InChI is InChI=1S/C8H11NO9/c10-5(11)1-3(7(14)15)9-18-4(8(16)17)2-6(12)13/h3-4,9H,1-2H2,(H,10,11)(H,12,13)(H,14,15)(H,16,17)/t3-,4?/m0/s1. The third kappa shape index (κ3) is 6.40. The number of hydrogen-bond acceptors (Lipinski definition) is 6. The number of carboxylic acid groups (broad SMARTS) is 4. The molecule has 0 fully saturated rings. The molecule has 102 valence electrons. The Hall–Kier alpha value is -2.20. The van der Waals surface area contributed by atoms with Crippen molar-refractivity contribution in [1.82, 2.24) is 5.48 Å². The lowest BCUT2D eigenvalue weighted by Gasteiger charge is -2.16. The van der Waals surface area contributed by atoms with Gasteiger partial charge in [0.2, 0.25) is 0 Å². The first kappa shape index (κ1) is 15.8. The molecule has 0 aromatic rings. The van der Waals surface area contributed by atoms with Gasteiger partial charge in [0.05, 0.1) is 12.8 Å². The quantitative estimate of drug-likeness (QED) is 0.304. The summed E-state index contributed by atoms with van der Waals surface area (Å²) in [5.74, 6) is -6.10. The molecular formula is C8H11NO9. The molecule has 5 N–H and O–H groups in total. The van der Waals surface area contributed by atoms with Crippen molar-refractivity contribution >= 4 is 23.9 Å². The van der Waals surface area contributed by atoms with Crippen molar-refractivity contribution in [2.45, 2.75) is 25.0 Å². The molecule has 0 aromatic carbocycles. The number of carboxylic acids is 4. The van der Waals surface area contributed by atoms with Crippen LogP contribution >= 0.6 is 0 Å². The van der Waals surface area contributed by atoms with E-state index in [4.69, 9.17) is 20.4 Å². The van der Waals surface area contributed by atoms with E-state index >= 15 is 0 Å². The summed E-state index contributed by atoms with van der Waals surface area (Å²) in [7, 11) is 0. The highest BCUT2D eigenvalue weighted by Gasteiger charge is 2.27. The molecule has 10 heteroatoms. The summed E-state index contributed by atoms with van der Waals surface area (Å²) in [4.78, 5) is 46.1. The van der Waals surface area contributed by atoms with Gasteiger partial charge in [-0.1, -0.05) is 0 Å². The fourth-order valence-corrected chi connectivity index (χ4v) is 0.856. The minimum absolute atomic E-state index is 0.852. The molecule has 0 aliphatic heterocycles.